The first kappa shape index (κ1) is 28.1. The summed E-state index contributed by atoms with van der Waals surface area (Å²) in [4.78, 5) is 2.60. The Hall–Kier alpha value is -4.08. The quantitative estimate of drug-likeness (QED) is 0.226. The zero-order chi connectivity index (χ0) is 29.2. The van der Waals surface area contributed by atoms with E-state index in [1.54, 1.807) is 0 Å². The average Bonchev–Trinajstić information content (AvgIpc) is 3.61. The molecule has 0 fully saturated rings. The van der Waals surface area contributed by atoms with Crippen LogP contribution in [0.3, 0.4) is 0 Å². The molecule has 2 nitrogen and oxygen atoms in total. The maximum Gasteiger partial charge on any atom is 0.210 e. The highest BCUT2D eigenvalue weighted by Gasteiger charge is 2.34. The smallest absolute Gasteiger partial charge is 0.210 e. The van der Waals surface area contributed by atoms with E-state index < -0.39 is 0 Å². The van der Waals surface area contributed by atoms with Gasteiger partial charge in [-0.15, -0.1) is 0 Å². The van der Waals surface area contributed by atoms with Gasteiger partial charge >= 0.3 is 0 Å². The van der Waals surface area contributed by atoms with Crippen molar-refractivity contribution in [3.8, 4) is 11.1 Å². The summed E-state index contributed by atoms with van der Waals surface area (Å²) in [7, 11) is 1.98. The lowest BCUT2D eigenvalue weighted by atomic mass is 9.44. The molecule has 1 aliphatic heterocycles. The fraction of sp³-hybridized carbons (Fsp3) is 0.231. The molecule has 3 heteroatoms. The molecule has 2 aliphatic carbocycles. The van der Waals surface area contributed by atoms with Gasteiger partial charge in [0.2, 0.25) is 6.71 Å². The van der Waals surface area contributed by atoms with Crippen LogP contribution in [-0.4, -0.2) is 20.3 Å². The highest BCUT2D eigenvalue weighted by molar-refractivity contribution is 6.89. The van der Waals surface area contributed by atoms with Crippen molar-refractivity contribution in [1.29, 1.82) is 0 Å². The number of benzene rings is 3. The molecule has 6 rings (SSSR count). The third kappa shape index (κ3) is 5.07. The van der Waals surface area contributed by atoms with Crippen LogP contribution >= 0.6 is 0 Å². The van der Waals surface area contributed by atoms with Gasteiger partial charge in [0.15, 0.2) is 0 Å². The monoisotopic (exact) mass is 548 g/mol. The van der Waals surface area contributed by atoms with E-state index in [1.807, 2.05) is 7.05 Å². The van der Waals surface area contributed by atoms with Crippen LogP contribution in [-0.2, 0) is 0 Å². The highest BCUT2D eigenvalue weighted by atomic mass is 15.2. The van der Waals surface area contributed by atoms with Crippen LogP contribution in [0.4, 0.5) is 5.69 Å². The lowest BCUT2D eigenvalue weighted by molar-refractivity contribution is 0.919. The summed E-state index contributed by atoms with van der Waals surface area (Å²) in [5.41, 5.74) is 17.9. The highest BCUT2D eigenvalue weighted by Crippen LogP contribution is 2.42. The Morgan fingerprint density at radius 2 is 1.69 bits per heavy atom. The molecule has 3 aliphatic rings. The number of nitrogens with zero attached hydrogens (tertiary/aromatic N) is 1. The maximum atomic E-state index is 3.18. The molecule has 0 spiro atoms. The van der Waals surface area contributed by atoms with E-state index in [0.717, 1.165) is 25.8 Å². The van der Waals surface area contributed by atoms with Crippen molar-refractivity contribution in [2.24, 2.45) is 0 Å². The summed E-state index contributed by atoms with van der Waals surface area (Å²) in [5, 5.41) is 3.18. The summed E-state index contributed by atoms with van der Waals surface area (Å²) >= 11 is 0. The summed E-state index contributed by atoms with van der Waals surface area (Å²) in [6, 6.07) is 24.7. The molecule has 0 atom stereocenters. The van der Waals surface area contributed by atoms with E-state index in [2.05, 4.69) is 141 Å². The minimum atomic E-state index is 0.340. The molecule has 3 aromatic rings. The third-order valence-electron chi connectivity index (χ3n) is 9.20. The van der Waals surface area contributed by atoms with Crippen molar-refractivity contribution < 1.29 is 0 Å². The average molecular weight is 549 g/mol. The summed E-state index contributed by atoms with van der Waals surface area (Å²) in [5.74, 6) is 0. The Kier molecular flexibility index (Phi) is 8.04. The predicted molar refractivity (Wildman–Crippen MR) is 184 cm³/mol. The Morgan fingerprint density at radius 3 is 2.50 bits per heavy atom. The van der Waals surface area contributed by atoms with Gasteiger partial charge in [-0.1, -0.05) is 103 Å². The number of aryl methyl sites for hydroxylation is 1. The molecule has 0 saturated heterocycles. The van der Waals surface area contributed by atoms with Gasteiger partial charge in [-0.05, 0) is 103 Å². The SMILES string of the molecule is CNC/C=C\C=C(/C)C1=CC=C(N(C2=CCCC(c3ccccc3C)=C2C)c2cccc3c2B(C)c2ccccc2-3)C1. The number of nitrogens with one attached hydrogen (secondary N) is 1. The summed E-state index contributed by atoms with van der Waals surface area (Å²) < 4.78 is 0. The second-order valence-electron chi connectivity index (χ2n) is 11.8. The molecule has 0 saturated carbocycles. The summed E-state index contributed by atoms with van der Waals surface area (Å²) in [6.45, 7) is 10.4. The van der Waals surface area contributed by atoms with Gasteiger partial charge in [0.05, 0.1) is 0 Å². The van der Waals surface area contributed by atoms with Crippen LogP contribution in [0, 0.1) is 6.92 Å². The number of allylic oxidation sites excluding steroid dienone is 9. The normalized spacial score (nSPS) is 16.5. The van der Waals surface area contributed by atoms with Crippen molar-refractivity contribution in [3.63, 3.8) is 0 Å². The zero-order valence-corrected chi connectivity index (χ0v) is 25.7. The van der Waals surface area contributed by atoms with Gasteiger partial charge in [-0.3, -0.25) is 0 Å². The first-order valence-corrected chi connectivity index (χ1v) is 15.4. The standard InChI is InChI=1S/C39H41BN2/c1-27(14-10-11-25-41-5)30-23-24-31(26-30)42(37-21-12-18-33(29(37)3)32-16-7-6-15-28(32)2)38-22-13-19-35-34-17-8-9-20-36(34)40(4)39(35)38/h6-11,13-17,19-24,41H,12,18,25-26H2,1-5H3/b11-10-,27-14+. The minimum absolute atomic E-state index is 0.340. The lowest BCUT2D eigenvalue weighted by Crippen LogP contribution is -2.39. The Morgan fingerprint density at radius 1 is 0.929 bits per heavy atom. The second kappa shape index (κ2) is 12.0. The van der Waals surface area contributed by atoms with Gasteiger partial charge < -0.3 is 10.2 Å². The van der Waals surface area contributed by atoms with E-state index in [1.165, 1.54) is 72.6 Å². The van der Waals surface area contributed by atoms with Gasteiger partial charge in [0, 0.05) is 30.0 Å². The van der Waals surface area contributed by atoms with Crippen LogP contribution in [0.25, 0.3) is 16.7 Å². The molecule has 1 heterocycles. The molecule has 0 unspecified atom stereocenters. The minimum Gasteiger partial charge on any atom is -0.316 e. The molecule has 0 amide bonds. The molecular formula is C39H41BN2. The number of anilines is 1. The van der Waals surface area contributed by atoms with Crippen molar-refractivity contribution >= 4 is 28.9 Å². The Balaban J connectivity index is 1.45. The largest absolute Gasteiger partial charge is 0.316 e. The van der Waals surface area contributed by atoms with E-state index in [9.17, 15) is 0 Å². The molecule has 42 heavy (non-hydrogen) atoms. The molecule has 0 bridgehead atoms. The topological polar surface area (TPSA) is 15.3 Å². The van der Waals surface area contributed by atoms with Gasteiger partial charge in [0.25, 0.3) is 0 Å². The fourth-order valence-electron chi connectivity index (χ4n) is 6.95. The third-order valence-corrected chi connectivity index (χ3v) is 9.20. The van der Waals surface area contributed by atoms with Crippen LogP contribution in [0.5, 0.6) is 0 Å². The van der Waals surface area contributed by atoms with Crippen LogP contribution in [0.1, 0.15) is 44.2 Å². The van der Waals surface area contributed by atoms with Gasteiger partial charge in [-0.2, -0.15) is 0 Å². The van der Waals surface area contributed by atoms with Crippen LogP contribution in [0.15, 0.2) is 131 Å². The van der Waals surface area contributed by atoms with E-state index in [-0.39, 0.29) is 0 Å². The lowest BCUT2D eigenvalue weighted by Gasteiger charge is -2.35. The van der Waals surface area contributed by atoms with Gasteiger partial charge in [0.1, 0.15) is 0 Å². The molecule has 0 radical (unpaired) electrons. The predicted octanol–water partition coefficient (Wildman–Crippen LogP) is 8.11. The summed E-state index contributed by atoms with van der Waals surface area (Å²) in [6.07, 6.45) is 16.8. The molecule has 0 aromatic heterocycles. The van der Waals surface area contributed by atoms with Crippen molar-refractivity contribution in [2.75, 3.05) is 18.5 Å². The second-order valence-corrected chi connectivity index (χ2v) is 11.8. The van der Waals surface area contributed by atoms with Crippen LogP contribution < -0.4 is 21.1 Å². The van der Waals surface area contributed by atoms with Gasteiger partial charge in [-0.25, -0.2) is 0 Å². The maximum absolute atomic E-state index is 3.18. The number of hydrogen-bond acceptors (Lipinski definition) is 2. The molecule has 3 aromatic carbocycles. The van der Waals surface area contributed by atoms with E-state index in [0.29, 0.717) is 6.71 Å². The number of rotatable bonds is 8. The zero-order valence-electron chi connectivity index (χ0n) is 25.7. The molecule has 210 valence electrons. The van der Waals surface area contributed by atoms with Crippen molar-refractivity contribution in [1.82, 2.24) is 5.32 Å². The molecular weight excluding hydrogens is 507 g/mol. The van der Waals surface area contributed by atoms with Crippen LogP contribution in [0.2, 0.25) is 6.82 Å². The first-order valence-electron chi connectivity index (χ1n) is 15.4. The molecule has 1 N–H and O–H groups in total. The number of fused-ring (bicyclic) bond motifs is 3. The first-order chi connectivity index (χ1) is 20.5. The van der Waals surface area contributed by atoms with E-state index in [4.69, 9.17) is 0 Å². The Bertz CT molecular complexity index is 1710. The Labute approximate surface area is 252 Å². The van der Waals surface area contributed by atoms with Crippen molar-refractivity contribution in [3.05, 3.63) is 142 Å². The van der Waals surface area contributed by atoms with E-state index >= 15 is 0 Å². The number of likely N-dealkylation sites (N-methyl/N-ethyl adjacent to an activating group) is 1. The number of hydrogen-bond donors (Lipinski definition) is 1. The fourth-order valence-corrected chi connectivity index (χ4v) is 6.95. The van der Waals surface area contributed by atoms with Crippen molar-refractivity contribution in [2.45, 2.75) is 46.9 Å².